The fraction of sp³-hybridized carbons (Fsp3) is 0.419. The molecule has 0 bridgehead atoms. The predicted molar refractivity (Wildman–Crippen MR) is 455 cm³/mol. The number of nitrogens with zero attached hydrogens (tertiary/aromatic N) is 2. The van der Waals surface area contributed by atoms with Gasteiger partial charge in [-0.3, -0.25) is 87.5 Å². The Hall–Kier alpha value is -13.3. The molecule has 3 aliphatic heterocycles. The molecular formula is C86H106ClN19O18. The number of aromatic nitrogens is 1. The van der Waals surface area contributed by atoms with Gasteiger partial charge in [0.1, 0.15) is 72.5 Å². The number of unbranched alkanes of at least 4 members (excludes halogenated alkanes) is 1. The van der Waals surface area contributed by atoms with Crippen LogP contribution in [0, 0.1) is 5.92 Å². The van der Waals surface area contributed by atoms with Gasteiger partial charge in [-0.25, -0.2) is 9.59 Å². The summed E-state index contributed by atoms with van der Waals surface area (Å²) in [6, 6.07) is 15.3. The molecule has 0 spiro atoms. The van der Waals surface area contributed by atoms with Crippen LogP contribution in [0.3, 0.4) is 0 Å². The Morgan fingerprint density at radius 3 is 1.41 bits per heavy atom. The minimum absolute atomic E-state index is 0.00888. The van der Waals surface area contributed by atoms with Crippen LogP contribution in [0.5, 0.6) is 0 Å². The molecular weight excluding hydrogens is 1620 g/mol. The molecule has 38 heteroatoms. The molecule has 19 amide bonds. The Labute approximate surface area is 720 Å². The predicted octanol–water partition coefficient (Wildman–Crippen LogP) is 0.561. The molecule has 660 valence electrons. The van der Waals surface area contributed by atoms with Crippen molar-refractivity contribution >= 4 is 134 Å². The van der Waals surface area contributed by atoms with E-state index in [0.717, 1.165) is 10.8 Å². The van der Waals surface area contributed by atoms with Gasteiger partial charge in [-0.15, -0.1) is 0 Å². The largest absolute Gasteiger partial charge is 0.394 e. The second-order valence-electron chi connectivity index (χ2n) is 31.5. The number of urea groups is 2. The zero-order valence-corrected chi connectivity index (χ0v) is 70.2. The second-order valence-corrected chi connectivity index (χ2v) is 32.0. The average molecular weight is 1730 g/mol. The number of hydrogen-bond donors (Lipinski definition) is 18. The maximum Gasteiger partial charge on any atom is 0.322 e. The normalized spacial score (nSPS) is 17.1. The number of aliphatic hydroxyl groups excluding tert-OH is 1. The first-order valence-electron chi connectivity index (χ1n) is 40.9. The molecule has 0 unspecified atom stereocenters. The number of anilines is 2. The molecule has 0 radical (unpaired) electrons. The molecule has 3 saturated heterocycles. The third-order valence-electron chi connectivity index (χ3n) is 20.7. The van der Waals surface area contributed by atoms with Crippen molar-refractivity contribution in [3.05, 3.63) is 173 Å². The van der Waals surface area contributed by atoms with E-state index in [9.17, 15) is 57.8 Å². The molecule has 0 aliphatic carbocycles. The molecule has 37 nitrogen and oxygen atoms in total. The lowest BCUT2D eigenvalue weighted by molar-refractivity contribution is -0.142. The summed E-state index contributed by atoms with van der Waals surface area (Å²) < 4.78 is 0. The summed E-state index contributed by atoms with van der Waals surface area (Å²) in [5.41, 5.74) is 7.90. The first kappa shape index (κ1) is 94.6. The lowest BCUT2D eigenvalue weighted by atomic mass is 9.99. The van der Waals surface area contributed by atoms with Crippen LogP contribution in [-0.2, 0) is 104 Å². The highest BCUT2D eigenvalue weighted by atomic mass is 35.5. The van der Waals surface area contributed by atoms with Gasteiger partial charge in [-0.2, -0.15) is 0 Å². The standard InChI is InChI=1S/C86H106ClN19O18/c1-46(2)35-61(76(114)95-60(16-9-10-33-90-47(3)4)84(122)106-34-12-17-70(106)83(121)91-48(5)73(88)111)96-78(116)64(38-51-21-28-58(29-22-51)93-74(112)67-42-71(109)104-85(123)102-67)98-80(118)65(39-52-23-30-59(31-24-52)94-75(113)68-43-72(110)105-86(124)103-68)100-82(120)69(45-107)101-81(119)66(41-54-13-11-32-89-44-54)99-79(117)63(37-50-19-26-57(87)27-20-50)97-77(115)62(92-49(6)108)40-53-18-25-55-14-7-8-15-56(55)36-53/h7-8,11,13-15,18-32,36,44,46-48,60-70,90,107H,9-10,12,16-17,33-35,37-43,45H2,1-6H3,(H2,88,111)(H,91,121)(H,92,108)(H,93,112)(H,94,113)(H,95,114)(H,96,116)(H,97,115)(H,98,118)(H,99,117)(H,100,120)(H,101,119)(H2,102,104,109,123)(H2,103,105,110,124)/t48-,60+,61+,62-,63-,64-,65+,66-,67+,68+,69+,70+/m1/s1. The van der Waals surface area contributed by atoms with E-state index >= 15 is 28.8 Å². The van der Waals surface area contributed by atoms with Crippen molar-refractivity contribution in [1.82, 2.24) is 84.3 Å². The number of rotatable bonds is 42. The van der Waals surface area contributed by atoms with Crippen LogP contribution in [0.4, 0.5) is 21.0 Å². The number of carbonyl (C=O) groups is 17. The van der Waals surface area contributed by atoms with Crippen LogP contribution < -0.4 is 90.8 Å². The number of benzene rings is 5. The third kappa shape index (κ3) is 29.0. The van der Waals surface area contributed by atoms with Crippen LogP contribution >= 0.6 is 11.6 Å². The van der Waals surface area contributed by atoms with Crippen molar-refractivity contribution in [2.24, 2.45) is 11.7 Å². The molecule has 0 saturated carbocycles. The number of aliphatic hydroxyl groups is 1. The summed E-state index contributed by atoms with van der Waals surface area (Å²) in [6.07, 6.45) is 2.31. The van der Waals surface area contributed by atoms with E-state index in [0.29, 0.717) is 53.1 Å². The van der Waals surface area contributed by atoms with Gasteiger partial charge in [0, 0.05) is 80.4 Å². The quantitative estimate of drug-likeness (QED) is 0.0233. The van der Waals surface area contributed by atoms with Crippen LogP contribution in [0.2, 0.25) is 5.02 Å². The Balaban J connectivity index is 1.03. The summed E-state index contributed by atoms with van der Waals surface area (Å²) in [4.78, 5) is 240. The van der Waals surface area contributed by atoms with Crippen LogP contribution in [0.15, 0.2) is 140 Å². The summed E-state index contributed by atoms with van der Waals surface area (Å²) in [7, 11) is 0. The molecule has 19 N–H and O–H groups in total. The summed E-state index contributed by atoms with van der Waals surface area (Å²) in [5, 5.41) is 55.0. The van der Waals surface area contributed by atoms with Crippen molar-refractivity contribution in [2.45, 2.75) is 204 Å². The van der Waals surface area contributed by atoms with Crippen LogP contribution in [-0.4, -0.2) is 214 Å². The Bertz CT molecular complexity index is 4860. The minimum atomic E-state index is -1.96. The first-order chi connectivity index (χ1) is 59.1. The van der Waals surface area contributed by atoms with Gasteiger partial charge < -0.3 is 90.2 Å². The number of nitrogens with two attached hydrogens (primary N) is 1. The average Bonchev–Trinajstić information content (AvgIpc) is 1.85. The van der Waals surface area contributed by atoms with Crippen molar-refractivity contribution in [3.63, 3.8) is 0 Å². The lowest BCUT2D eigenvalue weighted by Gasteiger charge is -2.31. The lowest BCUT2D eigenvalue weighted by Crippen LogP contribution is -2.62. The molecule has 3 fully saturated rings. The third-order valence-corrected chi connectivity index (χ3v) is 21.0. The molecule has 12 atom stereocenters. The van der Waals surface area contributed by atoms with Crippen molar-refractivity contribution < 1.29 is 86.6 Å². The number of halogens is 1. The molecule has 1 aromatic heterocycles. The summed E-state index contributed by atoms with van der Waals surface area (Å²) in [5.74, 6) is -12.8. The second kappa shape index (κ2) is 45.6. The SMILES string of the molecule is CC(=O)N[C@H](Cc1ccc2ccccc2c1)C(=O)N[C@H](Cc1ccc(Cl)cc1)C(=O)N[C@H](Cc1cccnc1)C(=O)N[C@@H](CO)C(=O)N[C@@H](Cc1ccc(NC(=O)[C@@H]2CC(=O)NC(=O)N2)cc1)C(=O)N[C@H](Cc1ccc(NC(=O)[C@@H]2CC(=O)NC(=O)N2)cc1)C(=O)N[C@@H](CC(C)C)C(=O)N[C@@H](CCCCNC(C)C)C(=O)N1CCC[C@H]1C(=O)N[C@H](C)C(N)=O. The summed E-state index contributed by atoms with van der Waals surface area (Å²) in [6.45, 7) is 9.60. The topological polar surface area (TPSA) is 545 Å². The molecule has 3 aliphatic rings. The minimum Gasteiger partial charge on any atom is -0.394 e. The Morgan fingerprint density at radius 1 is 0.500 bits per heavy atom. The maximum absolute atomic E-state index is 15.6. The van der Waals surface area contributed by atoms with Gasteiger partial charge in [-0.1, -0.05) is 124 Å². The number of fused-ring (bicyclic) bond motifs is 1. The van der Waals surface area contributed by atoms with E-state index in [-0.39, 0.29) is 86.8 Å². The molecule has 5 aromatic carbocycles. The summed E-state index contributed by atoms with van der Waals surface area (Å²) >= 11 is 6.28. The number of nitrogens with one attached hydrogen (secondary N) is 16. The monoisotopic (exact) mass is 1730 g/mol. The highest BCUT2D eigenvalue weighted by Gasteiger charge is 2.41. The highest BCUT2D eigenvalue weighted by molar-refractivity contribution is 6.30. The van der Waals surface area contributed by atoms with Crippen molar-refractivity contribution in [1.29, 1.82) is 0 Å². The van der Waals surface area contributed by atoms with Gasteiger partial charge in [0.15, 0.2) is 0 Å². The molecule has 124 heavy (non-hydrogen) atoms. The highest BCUT2D eigenvalue weighted by Crippen LogP contribution is 2.24. The number of likely N-dealkylation sites (tertiary alicyclic amines) is 1. The number of pyridine rings is 1. The van der Waals surface area contributed by atoms with Crippen LogP contribution in [0.25, 0.3) is 10.8 Å². The number of hydrogen-bond acceptors (Lipinski definition) is 20. The zero-order valence-electron chi connectivity index (χ0n) is 69.4. The first-order valence-corrected chi connectivity index (χ1v) is 41.3. The van der Waals surface area contributed by atoms with Crippen LogP contribution in [0.1, 0.15) is 121 Å². The zero-order chi connectivity index (χ0) is 89.8. The number of imide groups is 2. The van der Waals surface area contributed by atoms with E-state index in [1.807, 2.05) is 55.6 Å². The number of carbonyl (C=O) groups excluding carboxylic acids is 17. The Morgan fingerprint density at radius 2 is 0.944 bits per heavy atom. The van der Waals surface area contributed by atoms with Gasteiger partial charge in [0.25, 0.3) is 0 Å². The van der Waals surface area contributed by atoms with E-state index in [4.69, 9.17) is 17.3 Å². The van der Waals surface area contributed by atoms with E-state index in [2.05, 4.69) is 84.7 Å². The molecule has 4 heterocycles. The fourth-order valence-corrected chi connectivity index (χ4v) is 14.4. The van der Waals surface area contributed by atoms with Crippen molar-refractivity contribution in [2.75, 3.05) is 30.3 Å². The van der Waals surface area contributed by atoms with Crippen molar-refractivity contribution in [3.8, 4) is 0 Å². The number of amides is 19. The fourth-order valence-electron chi connectivity index (χ4n) is 14.2. The van der Waals surface area contributed by atoms with E-state index < -0.39 is 193 Å². The van der Waals surface area contributed by atoms with Gasteiger partial charge in [0.2, 0.25) is 88.6 Å². The maximum atomic E-state index is 15.6. The van der Waals surface area contributed by atoms with E-state index in [1.165, 1.54) is 79.7 Å². The number of primary amides is 1. The Kier molecular flexibility index (Phi) is 34.7. The van der Waals surface area contributed by atoms with E-state index in [1.54, 1.807) is 56.3 Å². The van der Waals surface area contributed by atoms with Gasteiger partial charge >= 0.3 is 12.1 Å². The smallest absolute Gasteiger partial charge is 0.322 e. The van der Waals surface area contributed by atoms with Gasteiger partial charge in [-0.05, 0) is 139 Å². The molecule has 9 rings (SSSR count). The molecule has 6 aromatic rings. The van der Waals surface area contributed by atoms with Gasteiger partial charge in [0.05, 0.1) is 19.4 Å².